The van der Waals surface area contributed by atoms with Gasteiger partial charge in [0.2, 0.25) is 11.8 Å². The summed E-state index contributed by atoms with van der Waals surface area (Å²) in [5.41, 5.74) is 1.66. The van der Waals surface area contributed by atoms with Crippen LogP contribution in [0.1, 0.15) is 12.0 Å². The lowest BCUT2D eigenvalue weighted by molar-refractivity contribution is -0.117. The number of nitrogens with zero attached hydrogens (tertiary/aromatic N) is 1. The Labute approximate surface area is 158 Å². The highest BCUT2D eigenvalue weighted by atomic mass is 16.5. The van der Waals surface area contributed by atoms with E-state index in [2.05, 4.69) is 5.32 Å². The van der Waals surface area contributed by atoms with E-state index in [4.69, 9.17) is 9.47 Å². The van der Waals surface area contributed by atoms with Gasteiger partial charge in [0, 0.05) is 24.7 Å². The summed E-state index contributed by atoms with van der Waals surface area (Å²) >= 11 is 0. The van der Waals surface area contributed by atoms with Gasteiger partial charge in [-0.2, -0.15) is 0 Å². The van der Waals surface area contributed by atoms with Crippen LogP contribution in [0.15, 0.2) is 54.6 Å². The van der Waals surface area contributed by atoms with Crippen molar-refractivity contribution in [1.29, 1.82) is 0 Å². The fraction of sp³-hybridized carbons (Fsp3) is 0.238. The maximum atomic E-state index is 12.2. The Kier molecular flexibility index (Phi) is 5.76. The highest BCUT2D eigenvalue weighted by Gasteiger charge is 2.31. The summed E-state index contributed by atoms with van der Waals surface area (Å²) in [5, 5.41) is 2.89. The molecule has 140 valence electrons. The molecule has 1 fully saturated rings. The van der Waals surface area contributed by atoms with Crippen molar-refractivity contribution in [3.05, 3.63) is 60.2 Å². The van der Waals surface area contributed by atoms with Crippen LogP contribution in [0.5, 0.6) is 11.5 Å². The van der Waals surface area contributed by atoms with Gasteiger partial charge in [0.05, 0.1) is 20.3 Å². The molecule has 0 radical (unpaired) electrons. The number of ether oxygens (including phenoxy) is 2. The molecule has 27 heavy (non-hydrogen) atoms. The molecule has 0 bridgehead atoms. The Morgan fingerprint density at radius 3 is 2.56 bits per heavy atom. The lowest BCUT2D eigenvalue weighted by atomic mass is 10.2. The first kappa shape index (κ1) is 18.5. The molecular formula is C21H22N2O4. The molecule has 1 N–H and O–H groups in total. The largest absolute Gasteiger partial charge is 0.493 e. The third-order valence-corrected chi connectivity index (χ3v) is 4.37. The summed E-state index contributed by atoms with van der Waals surface area (Å²) in [4.78, 5) is 26.1. The van der Waals surface area contributed by atoms with Crippen LogP contribution < -0.4 is 19.7 Å². The van der Waals surface area contributed by atoms with Gasteiger partial charge >= 0.3 is 0 Å². The normalized spacial score (nSPS) is 16.6. The molecule has 3 rings (SSSR count). The first-order chi connectivity index (χ1) is 13.1. The number of methoxy groups -OCH3 is 2. The van der Waals surface area contributed by atoms with Gasteiger partial charge in [-0.25, -0.2) is 0 Å². The molecule has 1 atom stereocenters. The Morgan fingerprint density at radius 1 is 1.11 bits per heavy atom. The van der Waals surface area contributed by atoms with Gasteiger partial charge in [-0.05, 0) is 35.9 Å². The zero-order chi connectivity index (χ0) is 19.2. The van der Waals surface area contributed by atoms with Gasteiger partial charge in [-0.3, -0.25) is 9.59 Å². The van der Waals surface area contributed by atoms with E-state index < -0.39 is 0 Å². The average molecular weight is 366 g/mol. The fourth-order valence-electron chi connectivity index (χ4n) is 3.04. The standard InChI is InChI=1S/C21H22N2O4/c1-26-18-10-8-15(12-19(18)27-2)9-11-20(24)22-16-13-21(25)23(14-16)17-6-4-3-5-7-17/h3-12,16H,13-14H2,1-2H3,(H,22,24)/b11-9-. The van der Waals surface area contributed by atoms with Crippen LogP contribution in [0.4, 0.5) is 5.69 Å². The minimum atomic E-state index is -0.238. The van der Waals surface area contributed by atoms with E-state index in [1.807, 2.05) is 36.4 Å². The number of hydrogen-bond acceptors (Lipinski definition) is 4. The molecule has 6 nitrogen and oxygen atoms in total. The van der Waals surface area contributed by atoms with Crippen LogP contribution in [-0.4, -0.2) is 38.6 Å². The van der Waals surface area contributed by atoms with Crippen molar-refractivity contribution in [1.82, 2.24) is 5.32 Å². The Bertz CT molecular complexity index is 849. The van der Waals surface area contributed by atoms with Crippen LogP contribution in [0, 0.1) is 0 Å². The first-order valence-corrected chi connectivity index (χ1v) is 8.66. The lowest BCUT2D eigenvalue weighted by Crippen LogP contribution is -2.36. The number of rotatable bonds is 6. The second kappa shape index (κ2) is 8.40. The monoisotopic (exact) mass is 366 g/mol. The highest BCUT2D eigenvalue weighted by molar-refractivity contribution is 5.98. The molecule has 1 aliphatic rings. The quantitative estimate of drug-likeness (QED) is 0.798. The second-order valence-corrected chi connectivity index (χ2v) is 6.20. The van der Waals surface area contributed by atoms with Crippen LogP contribution in [-0.2, 0) is 9.59 Å². The third kappa shape index (κ3) is 4.47. The van der Waals surface area contributed by atoms with Crippen molar-refractivity contribution in [2.45, 2.75) is 12.5 Å². The summed E-state index contributed by atoms with van der Waals surface area (Å²) in [5.74, 6) is 0.998. The second-order valence-electron chi connectivity index (χ2n) is 6.20. The number of amides is 2. The van der Waals surface area contributed by atoms with Crippen LogP contribution in [0.2, 0.25) is 0 Å². The molecule has 0 spiro atoms. The van der Waals surface area contributed by atoms with E-state index >= 15 is 0 Å². The maximum Gasteiger partial charge on any atom is 0.244 e. The molecule has 1 aliphatic heterocycles. The number of hydrogen-bond donors (Lipinski definition) is 1. The minimum Gasteiger partial charge on any atom is -0.493 e. The zero-order valence-electron chi connectivity index (χ0n) is 15.3. The van der Waals surface area contributed by atoms with E-state index in [0.717, 1.165) is 11.3 Å². The van der Waals surface area contributed by atoms with Crippen LogP contribution in [0.3, 0.4) is 0 Å². The van der Waals surface area contributed by atoms with Crippen LogP contribution in [0.25, 0.3) is 6.08 Å². The molecular weight excluding hydrogens is 344 g/mol. The molecule has 0 aromatic heterocycles. The van der Waals surface area contributed by atoms with E-state index in [1.165, 1.54) is 6.08 Å². The van der Waals surface area contributed by atoms with Crippen molar-refractivity contribution in [3.8, 4) is 11.5 Å². The van der Waals surface area contributed by atoms with Crippen molar-refractivity contribution < 1.29 is 19.1 Å². The van der Waals surface area contributed by atoms with E-state index in [-0.39, 0.29) is 17.9 Å². The molecule has 0 aliphatic carbocycles. The minimum absolute atomic E-state index is 0.00960. The summed E-state index contributed by atoms with van der Waals surface area (Å²) < 4.78 is 10.5. The van der Waals surface area contributed by atoms with Crippen molar-refractivity contribution in [2.75, 3.05) is 25.7 Å². The van der Waals surface area contributed by atoms with Crippen LogP contribution >= 0.6 is 0 Å². The molecule has 1 heterocycles. The molecule has 6 heteroatoms. The van der Waals surface area contributed by atoms with Crippen molar-refractivity contribution >= 4 is 23.6 Å². The van der Waals surface area contributed by atoms with Crippen molar-refractivity contribution in [2.24, 2.45) is 0 Å². The molecule has 2 amide bonds. The van der Waals surface area contributed by atoms with Gasteiger partial charge < -0.3 is 19.7 Å². The van der Waals surface area contributed by atoms with Gasteiger partial charge in [-0.1, -0.05) is 24.3 Å². The third-order valence-electron chi connectivity index (χ3n) is 4.37. The average Bonchev–Trinajstić information content (AvgIpc) is 3.06. The predicted octanol–water partition coefficient (Wildman–Crippen LogP) is 2.64. The number of nitrogens with one attached hydrogen (secondary N) is 1. The number of carbonyl (C=O) groups is 2. The number of benzene rings is 2. The summed E-state index contributed by atoms with van der Waals surface area (Å²) in [7, 11) is 3.14. The molecule has 1 saturated heterocycles. The number of para-hydroxylation sites is 1. The Morgan fingerprint density at radius 2 is 1.85 bits per heavy atom. The van der Waals surface area contributed by atoms with Gasteiger partial charge in [0.25, 0.3) is 0 Å². The molecule has 2 aromatic rings. The predicted molar refractivity (Wildman–Crippen MR) is 104 cm³/mol. The number of anilines is 1. The lowest BCUT2D eigenvalue weighted by Gasteiger charge is -2.16. The maximum absolute atomic E-state index is 12.2. The SMILES string of the molecule is COc1ccc(/C=C\C(=O)NC2CC(=O)N(c3ccccc3)C2)cc1OC. The Balaban J connectivity index is 1.60. The smallest absolute Gasteiger partial charge is 0.244 e. The summed E-state index contributed by atoms with van der Waals surface area (Å²) in [6.45, 7) is 0.471. The van der Waals surface area contributed by atoms with E-state index in [1.54, 1.807) is 37.3 Å². The highest BCUT2D eigenvalue weighted by Crippen LogP contribution is 2.28. The molecule has 2 aromatic carbocycles. The first-order valence-electron chi connectivity index (χ1n) is 8.66. The Hall–Kier alpha value is -3.28. The summed E-state index contributed by atoms with van der Waals surface area (Å²) in [6, 6.07) is 14.7. The van der Waals surface area contributed by atoms with Crippen molar-refractivity contribution in [3.63, 3.8) is 0 Å². The van der Waals surface area contributed by atoms with E-state index in [9.17, 15) is 9.59 Å². The summed E-state index contributed by atoms with van der Waals surface area (Å²) in [6.07, 6.45) is 3.45. The fourth-order valence-corrected chi connectivity index (χ4v) is 3.04. The van der Waals surface area contributed by atoms with Gasteiger partial charge in [0.1, 0.15) is 0 Å². The molecule has 1 unspecified atom stereocenters. The molecule has 0 saturated carbocycles. The van der Waals surface area contributed by atoms with Gasteiger partial charge in [0.15, 0.2) is 11.5 Å². The van der Waals surface area contributed by atoms with Gasteiger partial charge in [-0.15, -0.1) is 0 Å². The zero-order valence-corrected chi connectivity index (χ0v) is 15.3. The van der Waals surface area contributed by atoms with E-state index in [0.29, 0.717) is 24.5 Å². The topological polar surface area (TPSA) is 67.9 Å². The number of carbonyl (C=O) groups excluding carboxylic acids is 2.